The van der Waals surface area contributed by atoms with E-state index in [0.29, 0.717) is 4.90 Å². The maximum absolute atomic E-state index is 11.1. The number of thiol groups is 1. The molecule has 0 aliphatic rings. The van der Waals surface area contributed by atoms with Crippen LogP contribution in [0.25, 0.3) is 0 Å². The molecular formula is C8H6N2O2S. The molecule has 0 N–H and O–H groups in total. The van der Waals surface area contributed by atoms with Gasteiger partial charge >= 0.3 is 5.97 Å². The summed E-state index contributed by atoms with van der Waals surface area (Å²) in [4.78, 5) is 15.2. The Hall–Kier alpha value is -1.54. The van der Waals surface area contributed by atoms with E-state index in [4.69, 9.17) is 5.26 Å². The lowest BCUT2D eigenvalue weighted by atomic mass is 10.2. The number of ether oxygens (including phenoxy) is 1. The van der Waals surface area contributed by atoms with Gasteiger partial charge in [0.15, 0.2) is 0 Å². The summed E-state index contributed by atoms with van der Waals surface area (Å²) >= 11 is 4.00. The first-order valence-corrected chi connectivity index (χ1v) is 3.81. The number of pyridine rings is 1. The van der Waals surface area contributed by atoms with Gasteiger partial charge in [0.2, 0.25) is 0 Å². The van der Waals surface area contributed by atoms with Gasteiger partial charge in [-0.1, -0.05) is 0 Å². The largest absolute Gasteiger partial charge is 0.465 e. The van der Waals surface area contributed by atoms with Crippen LogP contribution in [0.15, 0.2) is 17.2 Å². The van der Waals surface area contributed by atoms with Gasteiger partial charge in [0.05, 0.1) is 12.7 Å². The van der Waals surface area contributed by atoms with E-state index in [1.807, 2.05) is 6.07 Å². The van der Waals surface area contributed by atoms with Gasteiger partial charge in [-0.15, -0.1) is 12.6 Å². The standard InChI is InChI=1S/C8H6N2O2S/c1-12-8(11)6-2-5(3-9)10-4-7(6)13/h2,4,13H,1H3. The zero-order valence-electron chi connectivity index (χ0n) is 6.81. The molecule has 1 heterocycles. The third-order valence-electron chi connectivity index (χ3n) is 1.40. The molecule has 0 fully saturated rings. The van der Waals surface area contributed by atoms with Crippen LogP contribution in [0.1, 0.15) is 16.1 Å². The minimum Gasteiger partial charge on any atom is -0.465 e. The molecule has 0 saturated heterocycles. The van der Waals surface area contributed by atoms with Crippen molar-refractivity contribution in [2.45, 2.75) is 4.90 Å². The first-order valence-electron chi connectivity index (χ1n) is 3.36. The minimum atomic E-state index is -0.524. The van der Waals surface area contributed by atoms with Crippen molar-refractivity contribution in [2.75, 3.05) is 7.11 Å². The molecule has 0 aromatic carbocycles. The molecule has 0 bridgehead atoms. The SMILES string of the molecule is COC(=O)c1cc(C#N)ncc1S. The molecule has 13 heavy (non-hydrogen) atoms. The molecule has 0 spiro atoms. The zero-order chi connectivity index (χ0) is 9.84. The summed E-state index contributed by atoms with van der Waals surface area (Å²) in [6.45, 7) is 0. The summed E-state index contributed by atoms with van der Waals surface area (Å²) < 4.78 is 4.49. The van der Waals surface area contributed by atoms with Crippen molar-refractivity contribution >= 4 is 18.6 Å². The van der Waals surface area contributed by atoms with E-state index in [2.05, 4.69) is 22.3 Å². The number of nitrogens with zero attached hydrogens (tertiary/aromatic N) is 2. The number of nitriles is 1. The molecule has 1 rings (SSSR count). The van der Waals surface area contributed by atoms with Gasteiger partial charge in [-0.2, -0.15) is 5.26 Å². The normalized spacial score (nSPS) is 9.00. The van der Waals surface area contributed by atoms with Crippen LogP contribution in [0, 0.1) is 11.3 Å². The van der Waals surface area contributed by atoms with Gasteiger partial charge in [-0.25, -0.2) is 9.78 Å². The van der Waals surface area contributed by atoms with Gasteiger partial charge in [0.1, 0.15) is 11.8 Å². The maximum Gasteiger partial charge on any atom is 0.339 e. The van der Waals surface area contributed by atoms with Crippen LogP contribution in [0.2, 0.25) is 0 Å². The molecule has 0 amide bonds. The Bertz CT molecular complexity index is 384. The molecule has 5 heteroatoms. The molecule has 0 aliphatic heterocycles. The minimum absolute atomic E-state index is 0.165. The van der Waals surface area contributed by atoms with E-state index in [1.54, 1.807) is 0 Å². The van der Waals surface area contributed by atoms with Crippen LogP contribution in [0.3, 0.4) is 0 Å². The highest BCUT2D eigenvalue weighted by molar-refractivity contribution is 7.80. The quantitative estimate of drug-likeness (QED) is 0.535. The molecule has 0 atom stereocenters. The van der Waals surface area contributed by atoms with Crippen molar-refractivity contribution in [3.05, 3.63) is 23.5 Å². The third kappa shape index (κ3) is 1.98. The van der Waals surface area contributed by atoms with Crippen LogP contribution in [0.5, 0.6) is 0 Å². The summed E-state index contributed by atoms with van der Waals surface area (Å²) in [6.07, 6.45) is 1.34. The Morgan fingerprint density at radius 3 is 3.00 bits per heavy atom. The lowest BCUT2D eigenvalue weighted by Gasteiger charge is -2.01. The lowest BCUT2D eigenvalue weighted by Crippen LogP contribution is -2.03. The average Bonchev–Trinajstić information content (AvgIpc) is 2.17. The molecule has 1 aromatic rings. The van der Waals surface area contributed by atoms with Crippen LogP contribution >= 0.6 is 12.6 Å². The Morgan fingerprint density at radius 2 is 2.46 bits per heavy atom. The van der Waals surface area contributed by atoms with Gasteiger partial charge < -0.3 is 4.74 Å². The highest BCUT2D eigenvalue weighted by Crippen LogP contribution is 2.14. The number of esters is 1. The number of hydrogen-bond donors (Lipinski definition) is 1. The van der Waals surface area contributed by atoms with Crippen molar-refractivity contribution < 1.29 is 9.53 Å². The second-order valence-corrected chi connectivity index (χ2v) is 2.67. The van der Waals surface area contributed by atoms with E-state index in [9.17, 15) is 4.79 Å². The van der Waals surface area contributed by atoms with Crippen LogP contribution in [-0.4, -0.2) is 18.1 Å². The summed E-state index contributed by atoms with van der Waals surface area (Å²) in [5.74, 6) is -0.524. The van der Waals surface area contributed by atoms with Gasteiger partial charge in [-0.3, -0.25) is 0 Å². The predicted octanol–water partition coefficient (Wildman–Crippen LogP) is 1.03. The molecule has 4 nitrogen and oxygen atoms in total. The predicted molar refractivity (Wildman–Crippen MR) is 47.5 cm³/mol. The van der Waals surface area contributed by atoms with Crippen LogP contribution in [-0.2, 0) is 4.74 Å². The van der Waals surface area contributed by atoms with Crippen LogP contribution < -0.4 is 0 Å². The van der Waals surface area contributed by atoms with Crippen molar-refractivity contribution in [1.82, 2.24) is 4.98 Å². The number of methoxy groups -OCH3 is 1. The Balaban J connectivity index is 3.20. The lowest BCUT2D eigenvalue weighted by molar-refractivity contribution is 0.0596. The van der Waals surface area contributed by atoms with Crippen molar-refractivity contribution in [1.29, 1.82) is 5.26 Å². The van der Waals surface area contributed by atoms with E-state index < -0.39 is 5.97 Å². The van der Waals surface area contributed by atoms with E-state index in [1.165, 1.54) is 19.4 Å². The topological polar surface area (TPSA) is 63.0 Å². The van der Waals surface area contributed by atoms with Crippen molar-refractivity contribution in [3.8, 4) is 6.07 Å². The molecule has 0 unspecified atom stereocenters. The molecule has 66 valence electrons. The molecule has 0 aliphatic carbocycles. The highest BCUT2D eigenvalue weighted by atomic mass is 32.1. The number of carbonyl (C=O) groups is 1. The Labute approximate surface area is 80.6 Å². The summed E-state index contributed by atoms with van der Waals surface area (Å²) in [6, 6.07) is 3.16. The third-order valence-corrected chi connectivity index (χ3v) is 1.76. The average molecular weight is 194 g/mol. The molecular weight excluding hydrogens is 188 g/mol. The van der Waals surface area contributed by atoms with E-state index in [-0.39, 0.29) is 11.3 Å². The number of hydrogen-bond acceptors (Lipinski definition) is 5. The number of rotatable bonds is 1. The van der Waals surface area contributed by atoms with Crippen molar-refractivity contribution in [2.24, 2.45) is 0 Å². The fourth-order valence-electron chi connectivity index (χ4n) is 0.783. The first kappa shape index (κ1) is 9.55. The van der Waals surface area contributed by atoms with Crippen LogP contribution in [0.4, 0.5) is 0 Å². The van der Waals surface area contributed by atoms with E-state index >= 15 is 0 Å². The molecule has 0 radical (unpaired) electrons. The smallest absolute Gasteiger partial charge is 0.339 e. The van der Waals surface area contributed by atoms with Crippen molar-refractivity contribution in [3.63, 3.8) is 0 Å². The zero-order valence-corrected chi connectivity index (χ0v) is 7.71. The Morgan fingerprint density at radius 1 is 1.77 bits per heavy atom. The molecule has 1 aromatic heterocycles. The molecule has 0 saturated carbocycles. The summed E-state index contributed by atoms with van der Waals surface area (Å²) in [7, 11) is 1.27. The summed E-state index contributed by atoms with van der Waals surface area (Å²) in [5, 5.41) is 8.52. The second kappa shape index (κ2) is 3.92. The number of aromatic nitrogens is 1. The fourth-order valence-corrected chi connectivity index (χ4v) is 0.996. The summed E-state index contributed by atoms with van der Waals surface area (Å²) in [5.41, 5.74) is 0.413. The van der Waals surface area contributed by atoms with Gasteiger partial charge in [0, 0.05) is 11.1 Å². The highest BCUT2D eigenvalue weighted by Gasteiger charge is 2.10. The second-order valence-electron chi connectivity index (χ2n) is 2.19. The fraction of sp³-hybridized carbons (Fsp3) is 0.125. The Kier molecular flexibility index (Phi) is 2.88. The maximum atomic E-state index is 11.1. The first-order chi connectivity index (χ1) is 6.19. The van der Waals surface area contributed by atoms with Gasteiger partial charge in [-0.05, 0) is 6.07 Å². The number of carbonyl (C=O) groups excluding carboxylic acids is 1. The van der Waals surface area contributed by atoms with E-state index in [0.717, 1.165) is 0 Å². The monoisotopic (exact) mass is 194 g/mol. The van der Waals surface area contributed by atoms with Gasteiger partial charge in [0.25, 0.3) is 0 Å².